The number of ether oxygens (including phenoxy) is 1. The van der Waals surface area contributed by atoms with Gasteiger partial charge in [-0.15, -0.1) is 0 Å². The van der Waals surface area contributed by atoms with Gasteiger partial charge < -0.3 is 15.4 Å². The number of hydrogen-bond donors (Lipinski definition) is 2. The SMILES string of the molecule is O=C(Nc1ccc(NCCc2ccc(Cl)cc2Cl)nc1)C1CCOCC1. The van der Waals surface area contributed by atoms with Crippen LogP contribution in [0.25, 0.3) is 0 Å². The van der Waals surface area contributed by atoms with Gasteiger partial charge in [0.05, 0.1) is 11.9 Å². The first kappa shape index (κ1) is 19.0. The summed E-state index contributed by atoms with van der Waals surface area (Å²) >= 11 is 12.1. The zero-order valence-electron chi connectivity index (χ0n) is 14.3. The van der Waals surface area contributed by atoms with Gasteiger partial charge >= 0.3 is 0 Å². The summed E-state index contributed by atoms with van der Waals surface area (Å²) in [6.07, 6.45) is 3.97. The van der Waals surface area contributed by atoms with Gasteiger partial charge in [-0.1, -0.05) is 29.3 Å². The van der Waals surface area contributed by atoms with E-state index in [1.807, 2.05) is 24.3 Å². The molecule has 0 unspecified atom stereocenters. The van der Waals surface area contributed by atoms with Gasteiger partial charge in [-0.2, -0.15) is 0 Å². The summed E-state index contributed by atoms with van der Waals surface area (Å²) in [7, 11) is 0. The summed E-state index contributed by atoms with van der Waals surface area (Å²) in [5, 5.41) is 7.46. The second-order valence-corrected chi connectivity index (χ2v) is 7.06. The molecule has 5 nitrogen and oxygen atoms in total. The van der Waals surface area contributed by atoms with Crippen LogP contribution < -0.4 is 10.6 Å². The molecule has 0 saturated carbocycles. The third kappa shape index (κ3) is 5.34. The molecule has 0 aliphatic carbocycles. The predicted molar refractivity (Wildman–Crippen MR) is 105 cm³/mol. The van der Waals surface area contributed by atoms with E-state index in [-0.39, 0.29) is 11.8 Å². The molecule has 1 aliphatic rings. The molecule has 0 spiro atoms. The van der Waals surface area contributed by atoms with Crippen LogP contribution in [0.1, 0.15) is 18.4 Å². The average Bonchev–Trinajstić information content (AvgIpc) is 2.65. The van der Waals surface area contributed by atoms with Gasteiger partial charge in [0.2, 0.25) is 5.91 Å². The third-order valence-corrected chi connectivity index (χ3v) is 4.93. The molecule has 1 aromatic carbocycles. The van der Waals surface area contributed by atoms with Crippen LogP contribution >= 0.6 is 23.2 Å². The van der Waals surface area contributed by atoms with Gasteiger partial charge in [0.15, 0.2) is 0 Å². The number of amides is 1. The number of pyridine rings is 1. The maximum Gasteiger partial charge on any atom is 0.227 e. The Balaban J connectivity index is 1.47. The van der Waals surface area contributed by atoms with Crippen LogP contribution in [0.5, 0.6) is 0 Å². The first-order valence-electron chi connectivity index (χ1n) is 8.64. The van der Waals surface area contributed by atoms with Crippen molar-refractivity contribution in [1.82, 2.24) is 4.98 Å². The van der Waals surface area contributed by atoms with Crippen molar-refractivity contribution in [2.24, 2.45) is 5.92 Å². The zero-order valence-corrected chi connectivity index (χ0v) is 15.8. The highest BCUT2D eigenvalue weighted by molar-refractivity contribution is 6.35. The number of halogens is 2. The molecule has 2 aromatic rings. The highest BCUT2D eigenvalue weighted by atomic mass is 35.5. The molecule has 26 heavy (non-hydrogen) atoms. The summed E-state index contributed by atoms with van der Waals surface area (Å²) in [6, 6.07) is 9.20. The molecule has 1 aliphatic heterocycles. The number of benzene rings is 1. The van der Waals surface area contributed by atoms with Crippen LogP contribution in [-0.4, -0.2) is 30.6 Å². The van der Waals surface area contributed by atoms with E-state index in [0.29, 0.717) is 35.5 Å². The van der Waals surface area contributed by atoms with Gasteiger partial charge in [-0.3, -0.25) is 4.79 Å². The Morgan fingerprint density at radius 1 is 1.19 bits per heavy atom. The highest BCUT2D eigenvalue weighted by Gasteiger charge is 2.21. The Kier molecular flexibility index (Phi) is 6.72. The van der Waals surface area contributed by atoms with E-state index in [4.69, 9.17) is 27.9 Å². The van der Waals surface area contributed by atoms with Crippen molar-refractivity contribution < 1.29 is 9.53 Å². The molecular weight excluding hydrogens is 373 g/mol. The molecule has 1 aromatic heterocycles. The Labute approximate surface area is 163 Å². The molecular formula is C19H21Cl2N3O2. The van der Waals surface area contributed by atoms with E-state index >= 15 is 0 Å². The smallest absolute Gasteiger partial charge is 0.227 e. The molecule has 1 amide bonds. The van der Waals surface area contributed by atoms with E-state index in [0.717, 1.165) is 30.6 Å². The van der Waals surface area contributed by atoms with Crippen LogP contribution in [0.15, 0.2) is 36.5 Å². The summed E-state index contributed by atoms with van der Waals surface area (Å²) in [5.41, 5.74) is 1.73. The fourth-order valence-corrected chi connectivity index (χ4v) is 3.33. The second kappa shape index (κ2) is 9.21. The topological polar surface area (TPSA) is 63.2 Å². The number of hydrogen-bond acceptors (Lipinski definition) is 4. The lowest BCUT2D eigenvalue weighted by Gasteiger charge is -2.21. The van der Waals surface area contributed by atoms with E-state index in [9.17, 15) is 4.79 Å². The lowest BCUT2D eigenvalue weighted by molar-refractivity contribution is -0.122. The molecule has 2 heterocycles. The Bertz CT molecular complexity index is 747. The lowest BCUT2D eigenvalue weighted by Crippen LogP contribution is -2.28. The van der Waals surface area contributed by atoms with Crippen LogP contribution in [0.2, 0.25) is 10.0 Å². The van der Waals surface area contributed by atoms with Crippen LogP contribution in [0.4, 0.5) is 11.5 Å². The molecule has 7 heteroatoms. The Morgan fingerprint density at radius 3 is 2.69 bits per heavy atom. The monoisotopic (exact) mass is 393 g/mol. The quantitative estimate of drug-likeness (QED) is 0.762. The van der Waals surface area contributed by atoms with Gasteiger partial charge in [-0.25, -0.2) is 4.98 Å². The molecule has 0 bridgehead atoms. The van der Waals surface area contributed by atoms with E-state index in [1.165, 1.54) is 0 Å². The van der Waals surface area contributed by atoms with Crippen molar-refractivity contribution in [2.75, 3.05) is 30.4 Å². The maximum absolute atomic E-state index is 12.2. The third-order valence-electron chi connectivity index (χ3n) is 4.34. The fourth-order valence-electron chi connectivity index (χ4n) is 2.83. The normalized spacial score (nSPS) is 14.8. The van der Waals surface area contributed by atoms with Crippen LogP contribution in [0, 0.1) is 5.92 Å². The molecule has 2 N–H and O–H groups in total. The van der Waals surface area contributed by atoms with Gasteiger partial charge in [0, 0.05) is 35.7 Å². The molecule has 0 radical (unpaired) electrons. The minimum Gasteiger partial charge on any atom is -0.381 e. The van der Waals surface area contributed by atoms with Crippen LogP contribution in [-0.2, 0) is 16.0 Å². The minimum atomic E-state index is 0.0191. The number of anilines is 2. The molecule has 138 valence electrons. The summed E-state index contributed by atoms with van der Waals surface area (Å²) in [6.45, 7) is 2.00. The minimum absolute atomic E-state index is 0.0191. The first-order chi connectivity index (χ1) is 12.6. The van der Waals surface area contributed by atoms with Gasteiger partial charge in [-0.05, 0) is 49.1 Å². The Hall–Kier alpha value is -1.82. The molecule has 1 saturated heterocycles. The number of aromatic nitrogens is 1. The second-order valence-electron chi connectivity index (χ2n) is 6.22. The van der Waals surface area contributed by atoms with Crippen molar-refractivity contribution >= 4 is 40.6 Å². The van der Waals surface area contributed by atoms with Crippen molar-refractivity contribution in [3.05, 3.63) is 52.1 Å². The summed E-state index contributed by atoms with van der Waals surface area (Å²) < 4.78 is 5.28. The molecule has 0 atom stereocenters. The number of nitrogens with one attached hydrogen (secondary N) is 2. The highest BCUT2D eigenvalue weighted by Crippen LogP contribution is 2.21. The van der Waals surface area contributed by atoms with Crippen molar-refractivity contribution in [2.45, 2.75) is 19.3 Å². The first-order valence-corrected chi connectivity index (χ1v) is 9.40. The van der Waals surface area contributed by atoms with Gasteiger partial charge in [0.25, 0.3) is 0 Å². The standard InChI is InChI=1S/C19H21Cl2N3O2/c20-15-2-1-13(17(21)11-15)5-8-22-18-4-3-16(12-23-18)24-19(25)14-6-9-26-10-7-14/h1-4,11-12,14H,5-10H2,(H,22,23)(H,24,25). The van der Waals surface area contributed by atoms with E-state index in [1.54, 1.807) is 12.3 Å². The average molecular weight is 394 g/mol. The van der Waals surface area contributed by atoms with Gasteiger partial charge in [0.1, 0.15) is 5.82 Å². The van der Waals surface area contributed by atoms with E-state index in [2.05, 4.69) is 15.6 Å². The number of carbonyl (C=O) groups excluding carboxylic acids is 1. The largest absolute Gasteiger partial charge is 0.381 e. The zero-order chi connectivity index (χ0) is 18.4. The van der Waals surface area contributed by atoms with Crippen molar-refractivity contribution in [1.29, 1.82) is 0 Å². The van der Waals surface area contributed by atoms with Crippen molar-refractivity contribution in [3.63, 3.8) is 0 Å². The van der Waals surface area contributed by atoms with Crippen LogP contribution in [0.3, 0.4) is 0 Å². The summed E-state index contributed by atoms with van der Waals surface area (Å²) in [4.78, 5) is 16.5. The maximum atomic E-state index is 12.2. The summed E-state index contributed by atoms with van der Waals surface area (Å²) in [5.74, 6) is 0.804. The Morgan fingerprint density at radius 2 is 2.00 bits per heavy atom. The number of nitrogens with zero attached hydrogens (tertiary/aromatic N) is 1. The van der Waals surface area contributed by atoms with E-state index < -0.39 is 0 Å². The number of carbonyl (C=O) groups is 1. The fraction of sp³-hybridized carbons (Fsp3) is 0.368. The molecule has 1 fully saturated rings. The number of rotatable bonds is 6. The lowest BCUT2D eigenvalue weighted by atomic mass is 9.99. The predicted octanol–water partition coefficient (Wildman–Crippen LogP) is 4.41. The van der Waals surface area contributed by atoms with Crippen molar-refractivity contribution in [3.8, 4) is 0 Å². The molecule has 3 rings (SSSR count).